The molecule has 1 aromatic carbocycles. The van der Waals surface area contributed by atoms with Crippen LogP contribution in [0.3, 0.4) is 0 Å². The third-order valence-corrected chi connectivity index (χ3v) is 6.48. The first-order chi connectivity index (χ1) is 10.2. The number of carbonyl (C=O) groups is 1. The second-order valence-electron chi connectivity index (χ2n) is 7.92. The van der Waals surface area contributed by atoms with Gasteiger partial charge in [-0.15, -0.1) is 0 Å². The van der Waals surface area contributed by atoms with Crippen LogP contribution in [0.2, 0.25) is 0 Å². The Morgan fingerprint density at radius 3 is 2.38 bits per heavy atom. The Balaban J connectivity index is 1.56. The Morgan fingerprint density at radius 2 is 1.71 bits per heavy atom. The van der Waals surface area contributed by atoms with E-state index in [2.05, 4.69) is 6.07 Å². The molecule has 1 aromatic rings. The van der Waals surface area contributed by atoms with Gasteiger partial charge in [-0.3, -0.25) is 4.79 Å². The summed E-state index contributed by atoms with van der Waals surface area (Å²) < 4.78 is 5.79. The number of rotatable bonds is 2. The molecule has 2 heteroatoms. The number of ether oxygens (including phenoxy) is 1. The second-order valence-corrected chi connectivity index (χ2v) is 7.92. The number of ketones is 1. The SMILES string of the molecule is O=C(c1cccc2c1OCC2)C12CC3CC(CC(C3)C1)C2. The summed E-state index contributed by atoms with van der Waals surface area (Å²) in [5.74, 6) is 3.76. The maximum Gasteiger partial charge on any atom is 0.172 e. The normalized spacial score (nSPS) is 39.1. The molecule has 0 N–H and O–H groups in total. The zero-order valence-corrected chi connectivity index (χ0v) is 12.4. The predicted octanol–water partition coefficient (Wildman–Crippen LogP) is 4.02. The van der Waals surface area contributed by atoms with Crippen molar-refractivity contribution < 1.29 is 9.53 Å². The minimum absolute atomic E-state index is 0.0458. The van der Waals surface area contributed by atoms with Crippen LogP contribution in [-0.4, -0.2) is 12.4 Å². The summed E-state index contributed by atoms with van der Waals surface area (Å²) in [4.78, 5) is 13.4. The average molecular weight is 282 g/mol. The van der Waals surface area contributed by atoms with E-state index in [4.69, 9.17) is 4.74 Å². The number of para-hydroxylation sites is 1. The van der Waals surface area contributed by atoms with Gasteiger partial charge in [0.15, 0.2) is 5.78 Å². The maximum atomic E-state index is 13.4. The molecule has 0 atom stereocenters. The monoisotopic (exact) mass is 282 g/mol. The fourth-order valence-electron chi connectivity index (χ4n) is 6.07. The Labute approximate surface area is 125 Å². The molecule has 4 aliphatic carbocycles. The Morgan fingerprint density at radius 1 is 1.05 bits per heavy atom. The molecule has 0 unspecified atom stereocenters. The van der Waals surface area contributed by atoms with Gasteiger partial charge in [0, 0.05) is 11.8 Å². The molecule has 6 rings (SSSR count). The average Bonchev–Trinajstić information content (AvgIpc) is 2.93. The molecule has 4 fully saturated rings. The summed E-state index contributed by atoms with van der Waals surface area (Å²) in [5.41, 5.74) is 2.06. The minimum atomic E-state index is -0.0458. The molecular weight excluding hydrogens is 260 g/mol. The van der Waals surface area contributed by atoms with Gasteiger partial charge in [0.05, 0.1) is 12.2 Å². The number of carbonyl (C=O) groups excluding carboxylic acids is 1. The molecule has 4 bridgehead atoms. The van der Waals surface area contributed by atoms with E-state index in [0.29, 0.717) is 5.78 Å². The minimum Gasteiger partial charge on any atom is -0.492 e. The fourth-order valence-corrected chi connectivity index (χ4v) is 6.07. The summed E-state index contributed by atoms with van der Waals surface area (Å²) in [6.07, 6.45) is 8.53. The van der Waals surface area contributed by atoms with Gasteiger partial charge in [0.2, 0.25) is 0 Å². The first-order valence-electron chi connectivity index (χ1n) is 8.53. The van der Waals surface area contributed by atoms with Crippen LogP contribution in [0, 0.1) is 23.2 Å². The van der Waals surface area contributed by atoms with Gasteiger partial charge in [-0.2, -0.15) is 0 Å². The van der Waals surface area contributed by atoms with E-state index in [-0.39, 0.29) is 5.41 Å². The molecule has 0 spiro atoms. The molecule has 21 heavy (non-hydrogen) atoms. The standard InChI is InChI=1S/C19H22O2/c20-18(16-3-1-2-15-4-5-21-17(15)16)19-9-12-6-13(10-19)8-14(7-12)11-19/h1-3,12-14H,4-11H2. The largest absolute Gasteiger partial charge is 0.492 e. The first-order valence-corrected chi connectivity index (χ1v) is 8.53. The highest BCUT2D eigenvalue weighted by Crippen LogP contribution is 2.61. The summed E-state index contributed by atoms with van der Waals surface area (Å²) in [5, 5.41) is 0. The molecular formula is C19H22O2. The number of Topliss-reactive ketones (excluding diaryl/α,β-unsaturated/α-hetero) is 1. The van der Waals surface area contributed by atoms with Crippen molar-refractivity contribution in [2.75, 3.05) is 6.61 Å². The molecule has 1 aliphatic heterocycles. The zero-order valence-electron chi connectivity index (χ0n) is 12.4. The third-order valence-electron chi connectivity index (χ3n) is 6.48. The quantitative estimate of drug-likeness (QED) is 0.766. The van der Waals surface area contributed by atoms with Crippen molar-refractivity contribution in [2.45, 2.75) is 44.9 Å². The molecule has 0 radical (unpaired) electrons. The number of hydrogen-bond acceptors (Lipinski definition) is 2. The van der Waals surface area contributed by atoms with Crippen LogP contribution in [0.15, 0.2) is 18.2 Å². The highest BCUT2D eigenvalue weighted by Gasteiger charge is 2.55. The van der Waals surface area contributed by atoms with Crippen LogP contribution >= 0.6 is 0 Å². The van der Waals surface area contributed by atoms with Crippen LogP contribution in [0.5, 0.6) is 5.75 Å². The number of benzene rings is 1. The van der Waals surface area contributed by atoms with Crippen molar-refractivity contribution >= 4 is 5.78 Å². The van der Waals surface area contributed by atoms with E-state index >= 15 is 0 Å². The highest BCUT2D eigenvalue weighted by atomic mass is 16.5. The van der Waals surface area contributed by atoms with Crippen molar-refractivity contribution in [3.8, 4) is 5.75 Å². The van der Waals surface area contributed by atoms with Crippen LogP contribution in [0.25, 0.3) is 0 Å². The van der Waals surface area contributed by atoms with Crippen molar-refractivity contribution in [2.24, 2.45) is 23.2 Å². The molecule has 1 heterocycles. The topological polar surface area (TPSA) is 26.3 Å². The van der Waals surface area contributed by atoms with E-state index in [9.17, 15) is 4.79 Å². The predicted molar refractivity (Wildman–Crippen MR) is 80.6 cm³/mol. The van der Waals surface area contributed by atoms with Gasteiger partial charge in [0.1, 0.15) is 5.75 Å². The van der Waals surface area contributed by atoms with Gasteiger partial charge in [-0.25, -0.2) is 0 Å². The maximum absolute atomic E-state index is 13.4. The Kier molecular flexibility index (Phi) is 2.40. The Bertz CT molecular complexity index is 581. The Hall–Kier alpha value is -1.31. The van der Waals surface area contributed by atoms with Crippen molar-refractivity contribution in [3.05, 3.63) is 29.3 Å². The summed E-state index contributed by atoms with van der Waals surface area (Å²) in [6, 6.07) is 6.16. The van der Waals surface area contributed by atoms with E-state index < -0.39 is 0 Å². The summed E-state index contributed by atoms with van der Waals surface area (Å²) in [6.45, 7) is 0.737. The third kappa shape index (κ3) is 1.68. The summed E-state index contributed by atoms with van der Waals surface area (Å²) in [7, 11) is 0. The van der Waals surface area contributed by atoms with Crippen LogP contribution in [0.1, 0.15) is 54.4 Å². The van der Waals surface area contributed by atoms with E-state index in [0.717, 1.165) is 61.4 Å². The zero-order chi connectivity index (χ0) is 14.0. The molecule has 4 saturated carbocycles. The van der Waals surface area contributed by atoms with Crippen LogP contribution < -0.4 is 4.74 Å². The second kappa shape index (κ2) is 4.12. The lowest BCUT2D eigenvalue weighted by atomic mass is 9.48. The van der Waals surface area contributed by atoms with E-state index in [1.54, 1.807) is 0 Å². The highest BCUT2D eigenvalue weighted by molar-refractivity contribution is 6.03. The van der Waals surface area contributed by atoms with Crippen LogP contribution in [-0.2, 0) is 6.42 Å². The van der Waals surface area contributed by atoms with Gasteiger partial charge < -0.3 is 4.74 Å². The molecule has 5 aliphatic rings. The van der Waals surface area contributed by atoms with Crippen molar-refractivity contribution in [1.82, 2.24) is 0 Å². The van der Waals surface area contributed by atoms with E-state index in [1.165, 1.54) is 24.8 Å². The lowest BCUT2D eigenvalue weighted by Crippen LogP contribution is -2.50. The van der Waals surface area contributed by atoms with Gasteiger partial charge in [-0.1, -0.05) is 12.1 Å². The first kappa shape index (κ1) is 12.3. The fraction of sp³-hybridized carbons (Fsp3) is 0.632. The molecule has 0 amide bonds. The lowest BCUT2D eigenvalue weighted by Gasteiger charge is -2.56. The van der Waals surface area contributed by atoms with Crippen LogP contribution in [0.4, 0.5) is 0 Å². The summed E-state index contributed by atoms with van der Waals surface area (Å²) >= 11 is 0. The lowest BCUT2D eigenvalue weighted by molar-refractivity contribution is -0.0354. The number of hydrogen-bond donors (Lipinski definition) is 0. The van der Waals surface area contributed by atoms with Gasteiger partial charge in [0.25, 0.3) is 0 Å². The number of fused-ring (bicyclic) bond motifs is 1. The molecule has 0 saturated heterocycles. The molecule has 2 nitrogen and oxygen atoms in total. The van der Waals surface area contributed by atoms with Gasteiger partial charge in [-0.05, 0) is 67.9 Å². The van der Waals surface area contributed by atoms with E-state index in [1.807, 2.05) is 12.1 Å². The van der Waals surface area contributed by atoms with Crippen molar-refractivity contribution in [1.29, 1.82) is 0 Å². The van der Waals surface area contributed by atoms with Gasteiger partial charge >= 0.3 is 0 Å². The molecule has 110 valence electrons. The smallest absolute Gasteiger partial charge is 0.172 e. The van der Waals surface area contributed by atoms with Crippen molar-refractivity contribution in [3.63, 3.8) is 0 Å². The molecule has 0 aromatic heterocycles.